The van der Waals surface area contributed by atoms with Crippen molar-refractivity contribution in [1.29, 1.82) is 0 Å². The Labute approximate surface area is 95.8 Å². The summed E-state index contributed by atoms with van der Waals surface area (Å²) in [6.45, 7) is 2.53. The predicted octanol–water partition coefficient (Wildman–Crippen LogP) is 0.739. The molecule has 88 valence electrons. The Morgan fingerprint density at radius 1 is 1.50 bits per heavy atom. The Hall–Kier alpha value is -1.20. The van der Waals surface area contributed by atoms with E-state index < -0.39 is 0 Å². The van der Waals surface area contributed by atoms with Crippen LogP contribution >= 0.6 is 0 Å². The van der Waals surface area contributed by atoms with Crippen LogP contribution in [0.3, 0.4) is 0 Å². The number of aromatic nitrogens is 2. The van der Waals surface area contributed by atoms with Crippen molar-refractivity contribution in [3.05, 3.63) is 18.1 Å². The Kier molecular flexibility index (Phi) is 3.69. The van der Waals surface area contributed by atoms with Gasteiger partial charge < -0.3 is 10.1 Å². The molecule has 2 rings (SSSR count). The van der Waals surface area contributed by atoms with Gasteiger partial charge in [0.05, 0.1) is 24.7 Å². The van der Waals surface area contributed by atoms with Crippen LogP contribution in [-0.4, -0.2) is 48.2 Å². The lowest BCUT2D eigenvalue weighted by Gasteiger charge is -2.22. The summed E-state index contributed by atoms with van der Waals surface area (Å²) < 4.78 is 5.36. The van der Waals surface area contributed by atoms with Gasteiger partial charge >= 0.3 is 0 Å². The summed E-state index contributed by atoms with van der Waals surface area (Å²) in [7, 11) is 3.94. The normalized spacial score (nSPS) is 20.3. The number of nitrogens with zero attached hydrogens (tertiary/aromatic N) is 3. The first-order valence-electron chi connectivity index (χ1n) is 5.56. The molecule has 0 spiro atoms. The fraction of sp³-hybridized carbons (Fsp3) is 0.636. The largest absolute Gasteiger partial charge is 0.380 e. The van der Waals surface area contributed by atoms with E-state index in [4.69, 9.17) is 4.74 Å². The zero-order valence-electron chi connectivity index (χ0n) is 9.81. The van der Waals surface area contributed by atoms with Crippen LogP contribution < -0.4 is 5.32 Å². The van der Waals surface area contributed by atoms with E-state index in [-0.39, 0.29) is 0 Å². The average Bonchev–Trinajstić information content (AvgIpc) is 2.83. The highest BCUT2D eigenvalue weighted by molar-refractivity contribution is 5.29. The van der Waals surface area contributed by atoms with Gasteiger partial charge in [-0.2, -0.15) is 0 Å². The van der Waals surface area contributed by atoms with Crippen LogP contribution in [0, 0.1) is 0 Å². The molecule has 0 radical (unpaired) electrons. The van der Waals surface area contributed by atoms with E-state index in [1.54, 1.807) is 6.20 Å². The van der Waals surface area contributed by atoms with E-state index in [1.807, 2.05) is 13.2 Å². The third kappa shape index (κ3) is 2.68. The van der Waals surface area contributed by atoms with Crippen LogP contribution in [0.1, 0.15) is 12.1 Å². The maximum absolute atomic E-state index is 5.36. The van der Waals surface area contributed by atoms with Gasteiger partial charge in [-0.25, -0.2) is 4.98 Å². The van der Waals surface area contributed by atoms with Gasteiger partial charge in [0.15, 0.2) is 0 Å². The van der Waals surface area contributed by atoms with Crippen molar-refractivity contribution in [2.45, 2.75) is 19.0 Å². The van der Waals surface area contributed by atoms with Gasteiger partial charge in [-0.15, -0.1) is 0 Å². The molecule has 5 heteroatoms. The topological polar surface area (TPSA) is 50.3 Å². The Morgan fingerprint density at radius 2 is 2.38 bits per heavy atom. The van der Waals surface area contributed by atoms with E-state index in [9.17, 15) is 0 Å². The smallest absolute Gasteiger partial charge is 0.144 e. The molecule has 1 saturated heterocycles. The van der Waals surface area contributed by atoms with Crippen molar-refractivity contribution in [3.8, 4) is 0 Å². The molecule has 1 unspecified atom stereocenters. The van der Waals surface area contributed by atoms with Crippen LogP contribution in [0.2, 0.25) is 0 Å². The van der Waals surface area contributed by atoms with Crippen molar-refractivity contribution in [2.75, 3.05) is 32.6 Å². The second-order valence-electron chi connectivity index (χ2n) is 4.08. The Bertz CT molecular complexity index is 321. The third-order valence-corrected chi connectivity index (χ3v) is 2.90. The van der Waals surface area contributed by atoms with Gasteiger partial charge in [0.2, 0.25) is 0 Å². The van der Waals surface area contributed by atoms with Crippen LogP contribution in [0.25, 0.3) is 0 Å². The number of anilines is 1. The van der Waals surface area contributed by atoms with Gasteiger partial charge in [-0.1, -0.05) is 0 Å². The second-order valence-corrected chi connectivity index (χ2v) is 4.08. The zero-order valence-corrected chi connectivity index (χ0v) is 9.81. The van der Waals surface area contributed by atoms with Crippen LogP contribution in [0.4, 0.5) is 5.82 Å². The van der Waals surface area contributed by atoms with Crippen LogP contribution in [0.5, 0.6) is 0 Å². The molecular formula is C11H18N4O. The first-order valence-corrected chi connectivity index (χ1v) is 5.56. The maximum Gasteiger partial charge on any atom is 0.144 e. The lowest BCUT2D eigenvalue weighted by molar-refractivity contribution is 0.155. The summed E-state index contributed by atoms with van der Waals surface area (Å²) in [6.07, 6.45) is 4.69. The van der Waals surface area contributed by atoms with Crippen molar-refractivity contribution >= 4 is 5.82 Å². The number of ether oxygens (including phenoxy) is 1. The lowest BCUT2D eigenvalue weighted by atomic mass is 10.2. The van der Waals surface area contributed by atoms with Crippen molar-refractivity contribution in [1.82, 2.24) is 14.9 Å². The molecule has 0 aliphatic carbocycles. The fourth-order valence-electron chi connectivity index (χ4n) is 1.82. The summed E-state index contributed by atoms with van der Waals surface area (Å²) in [4.78, 5) is 10.9. The van der Waals surface area contributed by atoms with Crippen LogP contribution in [-0.2, 0) is 11.3 Å². The molecule has 1 fully saturated rings. The zero-order chi connectivity index (χ0) is 11.4. The van der Waals surface area contributed by atoms with Gasteiger partial charge in [-0.3, -0.25) is 9.88 Å². The van der Waals surface area contributed by atoms with Gasteiger partial charge in [0.25, 0.3) is 0 Å². The number of nitrogens with one attached hydrogen (secondary N) is 1. The van der Waals surface area contributed by atoms with Crippen molar-refractivity contribution in [3.63, 3.8) is 0 Å². The number of hydrogen-bond donors (Lipinski definition) is 1. The minimum Gasteiger partial charge on any atom is -0.380 e. The molecule has 0 saturated carbocycles. The highest BCUT2D eigenvalue weighted by Crippen LogP contribution is 2.12. The predicted molar refractivity (Wildman–Crippen MR) is 62.3 cm³/mol. The standard InChI is InChI=1S/C11H18N4O/c1-12-11-6-13-9(5-14-11)7-15(2)10-3-4-16-8-10/h5-6,10H,3-4,7-8H2,1-2H3,(H,12,14). The lowest BCUT2D eigenvalue weighted by Crippen LogP contribution is -2.31. The molecule has 1 N–H and O–H groups in total. The van der Waals surface area contributed by atoms with E-state index in [0.717, 1.165) is 37.7 Å². The summed E-state index contributed by atoms with van der Waals surface area (Å²) in [5, 5.41) is 2.96. The molecule has 1 aliphatic rings. The molecule has 5 nitrogen and oxygen atoms in total. The summed E-state index contributed by atoms with van der Waals surface area (Å²) in [6, 6.07) is 0.519. The quantitative estimate of drug-likeness (QED) is 0.814. The first-order chi connectivity index (χ1) is 7.79. The molecule has 0 bridgehead atoms. The summed E-state index contributed by atoms with van der Waals surface area (Å²) in [5.74, 6) is 0.801. The van der Waals surface area contributed by atoms with E-state index in [0.29, 0.717) is 6.04 Å². The minimum atomic E-state index is 0.519. The Morgan fingerprint density at radius 3 is 2.94 bits per heavy atom. The van der Waals surface area contributed by atoms with E-state index in [2.05, 4.69) is 27.2 Å². The molecule has 1 aromatic rings. The SMILES string of the molecule is CNc1cnc(CN(C)C2CCOC2)cn1. The fourth-order valence-corrected chi connectivity index (χ4v) is 1.82. The van der Waals surface area contributed by atoms with Gasteiger partial charge in [-0.05, 0) is 13.5 Å². The van der Waals surface area contributed by atoms with Crippen molar-refractivity contribution < 1.29 is 4.74 Å². The molecule has 0 aromatic carbocycles. The molecule has 16 heavy (non-hydrogen) atoms. The molecule has 1 aliphatic heterocycles. The summed E-state index contributed by atoms with van der Waals surface area (Å²) >= 11 is 0. The highest BCUT2D eigenvalue weighted by atomic mass is 16.5. The highest BCUT2D eigenvalue weighted by Gasteiger charge is 2.20. The average molecular weight is 222 g/mol. The Balaban J connectivity index is 1.92. The molecule has 0 amide bonds. The third-order valence-electron chi connectivity index (χ3n) is 2.90. The number of rotatable bonds is 4. The number of hydrogen-bond acceptors (Lipinski definition) is 5. The van der Waals surface area contributed by atoms with Gasteiger partial charge in [0, 0.05) is 26.2 Å². The second kappa shape index (κ2) is 5.23. The number of likely N-dealkylation sites (N-methyl/N-ethyl adjacent to an activating group) is 1. The first kappa shape index (κ1) is 11.3. The molecule has 2 heterocycles. The minimum absolute atomic E-state index is 0.519. The summed E-state index contributed by atoms with van der Waals surface area (Å²) in [5.41, 5.74) is 0.994. The van der Waals surface area contributed by atoms with Crippen LogP contribution in [0.15, 0.2) is 12.4 Å². The van der Waals surface area contributed by atoms with E-state index in [1.165, 1.54) is 0 Å². The molecule has 1 atom stereocenters. The molecule has 1 aromatic heterocycles. The molecular weight excluding hydrogens is 204 g/mol. The van der Waals surface area contributed by atoms with Gasteiger partial charge in [0.1, 0.15) is 5.82 Å². The van der Waals surface area contributed by atoms with E-state index >= 15 is 0 Å². The maximum atomic E-state index is 5.36. The van der Waals surface area contributed by atoms with Crippen molar-refractivity contribution in [2.24, 2.45) is 0 Å². The monoisotopic (exact) mass is 222 g/mol.